The van der Waals surface area contributed by atoms with E-state index in [1.165, 1.54) is 41.9 Å². The number of aliphatic carboxylic acids is 4. The number of unbranched alkanes of at least 4 members (excludes halogenated alkanes) is 8. The fourth-order valence-corrected chi connectivity index (χ4v) is 9.75. The quantitative estimate of drug-likeness (QED) is 0.0255. The standard InChI is InChI=1S/C54H96N6O26/c1-2-3-4-5-6-7-8-9-10-11-36(61)55-18-27-81-52-49(78)46(75)43(72)33(84-52)30-58(21-12-37(62)56-19-28-82-53-50(79)47(76)44(73)34(85-53)31-59(23-14-39(64)65)24-15-40(66)67)22-13-38(63)57-20-29-83-54-51(80)48(77)45(74)35(86-54)32-60(25-16-41(68)69)26-17-42(70)71/h33-35,43-54,72-80H,2-32H2,1H3,(H,55,61)(H,56,62)(H,57,63)(H,64,65)(H,66,67)(H,68,69)(H,70,71)/t33-,34-,35-,43-,44-,45-,46+,47+,48+,49-,50-,51-,52-,53-,54-/m1/s1. The van der Waals surface area contributed by atoms with Gasteiger partial charge < -0.3 is 111 Å². The van der Waals surface area contributed by atoms with Gasteiger partial charge in [0.2, 0.25) is 17.7 Å². The van der Waals surface area contributed by atoms with E-state index >= 15 is 0 Å². The molecule has 0 aliphatic carbocycles. The van der Waals surface area contributed by atoms with E-state index in [1.807, 2.05) is 0 Å². The van der Waals surface area contributed by atoms with Gasteiger partial charge in [-0.25, -0.2) is 0 Å². The minimum atomic E-state index is -1.79. The first-order chi connectivity index (χ1) is 40.9. The lowest BCUT2D eigenvalue weighted by molar-refractivity contribution is -0.298. The van der Waals surface area contributed by atoms with Gasteiger partial charge in [0, 0.05) is 97.8 Å². The van der Waals surface area contributed by atoms with Gasteiger partial charge in [0.1, 0.15) is 73.2 Å². The summed E-state index contributed by atoms with van der Waals surface area (Å²) in [5, 5.41) is 141. The molecule has 0 aromatic rings. The molecule has 3 aliphatic rings. The second kappa shape index (κ2) is 41.7. The monoisotopic (exact) mass is 1240 g/mol. The van der Waals surface area contributed by atoms with Crippen molar-refractivity contribution in [2.24, 2.45) is 0 Å². The molecule has 0 spiro atoms. The SMILES string of the molecule is CCCCCCCCCCCC(=O)NCCO[C@@H]1O[C@H](CN(CCC(=O)NCCO[C@@H]2O[C@H](CN(CCC(=O)O)CCC(=O)O)[C@@H](O)[C@H](O)[C@H]2O)CCC(=O)NCCO[C@@H]2O[C@H](CN(CCC(=O)O)CCC(=O)O)[C@@H](O)[C@H](O)[C@H]2O)[C@@H](O)[C@H](O)[C@H]1O. The summed E-state index contributed by atoms with van der Waals surface area (Å²) in [7, 11) is 0. The Labute approximate surface area is 499 Å². The van der Waals surface area contributed by atoms with Crippen LogP contribution in [0.25, 0.3) is 0 Å². The lowest BCUT2D eigenvalue weighted by Crippen LogP contribution is -2.61. The van der Waals surface area contributed by atoms with Crippen molar-refractivity contribution in [1.29, 1.82) is 0 Å². The van der Waals surface area contributed by atoms with Crippen molar-refractivity contribution in [1.82, 2.24) is 30.7 Å². The Hall–Kier alpha value is -4.43. The van der Waals surface area contributed by atoms with Gasteiger partial charge in [0.15, 0.2) is 18.9 Å². The molecule has 3 heterocycles. The highest BCUT2D eigenvalue weighted by molar-refractivity contribution is 5.77. The van der Waals surface area contributed by atoms with E-state index < -0.39 is 128 Å². The molecular weight excluding hydrogens is 1150 g/mol. The van der Waals surface area contributed by atoms with Gasteiger partial charge in [0.05, 0.1) is 45.5 Å². The molecule has 16 N–H and O–H groups in total. The molecule has 0 bridgehead atoms. The lowest BCUT2D eigenvalue weighted by atomic mass is 9.98. The molecule has 0 aromatic heterocycles. The minimum absolute atomic E-state index is 0.0501. The summed E-state index contributed by atoms with van der Waals surface area (Å²) in [6.07, 6.45) is -15.7. The third-order valence-electron chi connectivity index (χ3n) is 14.8. The fourth-order valence-electron chi connectivity index (χ4n) is 9.75. The molecule has 0 saturated carbocycles. The number of carboxylic acids is 4. The topological polar surface area (TPSA) is 484 Å². The molecule has 3 rings (SSSR count). The zero-order valence-corrected chi connectivity index (χ0v) is 49.0. The third kappa shape index (κ3) is 29.3. The van der Waals surface area contributed by atoms with E-state index in [-0.39, 0.29) is 143 Å². The van der Waals surface area contributed by atoms with Crippen molar-refractivity contribution in [3.63, 3.8) is 0 Å². The highest BCUT2D eigenvalue weighted by Gasteiger charge is 2.47. The normalized spacial score (nSPS) is 27.7. The van der Waals surface area contributed by atoms with Crippen molar-refractivity contribution in [2.75, 3.05) is 98.4 Å². The number of carbonyl (C=O) groups is 7. The fraction of sp³-hybridized carbons (Fsp3) is 0.870. The maximum atomic E-state index is 13.2. The lowest BCUT2D eigenvalue weighted by Gasteiger charge is -2.42. The predicted molar refractivity (Wildman–Crippen MR) is 296 cm³/mol. The van der Waals surface area contributed by atoms with Crippen LogP contribution in [-0.2, 0) is 62.0 Å². The molecule has 86 heavy (non-hydrogen) atoms. The Bertz CT molecular complexity index is 1870. The van der Waals surface area contributed by atoms with Crippen molar-refractivity contribution in [3.05, 3.63) is 0 Å². The second-order valence-electron chi connectivity index (χ2n) is 21.8. The van der Waals surface area contributed by atoms with Gasteiger partial charge in [-0.05, 0) is 6.42 Å². The van der Waals surface area contributed by atoms with E-state index in [0.717, 1.165) is 25.7 Å². The molecule has 32 nitrogen and oxygen atoms in total. The average molecular weight is 1250 g/mol. The number of hydrogen-bond acceptors (Lipinski definition) is 25. The second-order valence-corrected chi connectivity index (χ2v) is 21.8. The molecule has 3 fully saturated rings. The highest BCUT2D eigenvalue weighted by Crippen LogP contribution is 2.26. The van der Waals surface area contributed by atoms with Crippen molar-refractivity contribution < 1.29 is 128 Å². The molecule has 3 amide bonds. The number of aliphatic hydroxyl groups excluding tert-OH is 9. The first kappa shape index (κ1) is 75.8. The summed E-state index contributed by atoms with van der Waals surface area (Å²) >= 11 is 0. The van der Waals surface area contributed by atoms with E-state index in [2.05, 4.69) is 22.9 Å². The van der Waals surface area contributed by atoms with E-state index in [0.29, 0.717) is 6.42 Å². The molecule has 0 radical (unpaired) electrons. The number of nitrogens with one attached hydrogen (secondary N) is 3. The Morgan fingerprint density at radius 1 is 0.349 bits per heavy atom. The predicted octanol–water partition coefficient (Wildman–Crippen LogP) is -4.69. The zero-order valence-electron chi connectivity index (χ0n) is 49.0. The van der Waals surface area contributed by atoms with Crippen LogP contribution >= 0.6 is 0 Å². The number of carboxylic acid groups (broad SMARTS) is 4. The zero-order chi connectivity index (χ0) is 63.7. The summed E-state index contributed by atoms with van der Waals surface area (Å²) in [5.41, 5.74) is 0. The number of nitrogens with zero attached hydrogens (tertiary/aromatic N) is 3. The van der Waals surface area contributed by atoms with Gasteiger partial charge >= 0.3 is 23.9 Å². The largest absolute Gasteiger partial charge is 0.481 e. The van der Waals surface area contributed by atoms with Gasteiger partial charge in [-0.3, -0.25) is 48.3 Å². The Balaban J connectivity index is 1.61. The van der Waals surface area contributed by atoms with Crippen molar-refractivity contribution >= 4 is 41.6 Å². The number of rotatable bonds is 46. The number of carbonyl (C=O) groups excluding carboxylic acids is 3. The first-order valence-corrected chi connectivity index (χ1v) is 29.7. The van der Waals surface area contributed by atoms with Crippen LogP contribution in [-0.4, -0.2) is 313 Å². The van der Waals surface area contributed by atoms with Crippen LogP contribution in [0.2, 0.25) is 0 Å². The Morgan fingerprint density at radius 3 is 0.884 bits per heavy atom. The van der Waals surface area contributed by atoms with Crippen LogP contribution in [0, 0.1) is 0 Å². The summed E-state index contributed by atoms with van der Waals surface area (Å²) < 4.78 is 34.3. The van der Waals surface area contributed by atoms with Crippen LogP contribution in [0.4, 0.5) is 0 Å². The summed E-state index contributed by atoms with van der Waals surface area (Å²) in [6, 6.07) is 0. The third-order valence-corrected chi connectivity index (χ3v) is 14.8. The molecule has 0 unspecified atom stereocenters. The van der Waals surface area contributed by atoms with Crippen LogP contribution in [0.3, 0.4) is 0 Å². The van der Waals surface area contributed by atoms with Gasteiger partial charge in [0.25, 0.3) is 0 Å². The summed E-state index contributed by atoms with van der Waals surface area (Å²) in [5.74, 6) is -5.96. The van der Waals surface area contributed by atoms with Crippen molar-refractivity contribution in [3.8, 4) is 0 Å². The van der Waals surface area contributed by atoms with Gasteiger partial charge in [-0.1, -0.05) is 58.3 Å². The average Bonchev–Trinajstić information content (AvgIpc) is 2.72. The van der Waals surface area contributed by atoms with E-state index in [9.17, 15) is 79.5 Å². The minimum Gasteiger partial charge on any atom is -0.481 e. The maximum Gasteiger partial charge on any atom is 0.304 e. The molecule has 15 atom stereocenters. The summed E-state index contributed by atoms with van der Waals surface area (Å²) in [4.78, 5) is 88.2. The van der Waals surface area contributed by atoms with Crippen LogP contribution in [0.15, 0.2) is 0 Å². The molecular formula is C54H96N6O26. The highest BCUT2D eigenvalue weighted by atomic mass is 16.7. The molecule has 0 aromatic carbocycles. The number of ether oxygens (including phenoxy) is 6. The molecule has 3 saturated heterocycles. The van der Waals surface area contributed by atoms with E-state index in [4.69, 9.17) is 48.8 Å². The number of hydrogen-bond donors (Lipinski definition) is 16. The maximum absolute atomic E-state index is 13.2. The molecule has 498 valence electrons. The first-order valence-electron chi connectivity index (χ1n) is 29.7. The van der Waals surface area contributed by atoms with Gasteiger partial charge in [-0.2, -0.15) is 0 Å². The van der Waals surface area contributed by atoms with Gasteiger partial charge in [-0.15, -0.1) is 0 Å². The Kier molecular flexibility index (Phi) is 36.8. The van der Waals surface area contributed by atoms with E-state index in [1.54, 1.807) is 4.90 Å². The smallest absolute Gasteiger partial charge is 0.304 e. The Morgan fingerprint density at radius 2 is 0.605 bits per heavy atom. The van der Waals surface area contributed by atoms with Crippen LogP contribution in [0.5, 0.6) is 0 Å². The van der Waals surface area contributed by atoms with Crippen LogP contribution < -0.4 is 16.0 Å². The summed E-state index contributed by atoms with van der Waals surface area (Å²) in [6.45, 7) is -0.249. The number of aliphatic hydroxyl groups is 9. The molecule has 32 heteroatoms. The molecule has 3 aliphatic heterocycles. The number of amides is 3. The van der Waals surface area contributed by atoms with Crippen molar-refractivity contribution in [2.45, 2.75) is 202 Å². The van der Waals surface area contributed by atoms with Crippen LogP contribution in [0.1, 0.15) is 110 Å².